The predicted octanol–water partition coefficient (Wildman–Crippen LogP) is 4.66. The van der Waals surface area contributed by atoms with Crippen molar-refractivity contribution in [2.75, 3.05) is 19.0 Å². The Hall–Kier alpha value is -2.53. The fourth-order valence-corrected chi connectivity index (χ4v) is 2.96. The summed E-state index contributed by atoms with van der Waals surface area (Å²) in [7, 11) is 1.50. The van der Waals surface area contributed by atoms with Crippen LogP contribution in [0.5, 0.6) is 5.75 Å². The Morgan fingerprint density at radius 3 is 2.48 bits per heavy atom. The van der Waals surface area contributed by atoms with Gasteiger partial charge in [0.05, 0.1) is 18.7 Å². The van der Waals surface area contributed by atoms with E-state index in [0.717, 1.165) is 12.0 Å². The SMILES string of the molecule is CCC(C)C(C(=O)OCC(=O)Nc1cc(Cl)ccc1OC)c1ccccc1. The predicted molar refractivity (Wildman–Crippen MR) is 106 cm³/mol. The third-order valence-corrected chi connectivity index (χ3v) is 4.64. The van der Waals surface area contributed by atoms with Gasteiger partial charge in [0.2, 0.25) is 0 Å². The minimum absolute atomic E-state index is 0.0935. The van der Waals surface area contributed by atoms with Crippen LogP contribution in [0.15, 0.2) is 48.5 Å². The molecule has 6 heteroatoms. The van der Waals surface area contributed by atoms with E-state index in [2.05, 4.69) is 5.32 Å². The van der Waals surface area contributed by atoms with Gasteiger partial charge in [0.15, 0.2) is 6.61 Å². The van der Waals surface area contributed by atoms with Crippen LogP contribution in [0.25, 0.3) is 0 Å². The number of amides is 1. The van der Waals surface area contributed by atoms with E-state index in [-0.39, 0.29) is 12.5 Å². The zero-order chi connectivity index (χ0) is 19.8. The van der Waals surface area contributed by atoms with Gasteiger partial charge < -0.3 is 14.8 Å². The second kappa shape index (κ2) is 9.97. The first kappa shape index (κ1) is 20.8. The largest absolute Gasteiger partial charge is 0.495 e. The third-order valence-electron chi connectivity index (χ3n) is 4.41. The number of hydrogen-bond acceptors (Lipinski definition) is 4. The summed E-state index contributed by atoms with van der Waals surface area (Å²) in [5.74, 6) is -0.717. The topological polar surface area (TPSA) is 64.6 Å². The molecule has 27 heavy (non-hydrogen) atoms. The van der Waals surface area contributed by atoms with Gasteiger partial charge in [-0.2, -0.15) is 0 Å². The molecule has 0 bridgehead atoms. The van der Waals surface area contributed by atoms with Crippen LogP contribution >= 0.6 is 11.6 Å². The van der Waals surface area contributed by atoms with E-state index in [1.165, 1.54) is 7.11 Å². The monoisotopic (exact) mass is 389 g/mol. The van der Waals surface area contributed by atoms with Crippen molar-refractivity contribution in [3.8, 4) is 5.75 Å². The number of anilines is 1. The number of hydrogen-bond donors (Lipinski definition) is 1. The van der Waals surface area contributed by atoms with Crippen molar-refractivity contribution >= 4 is 29.2 Å². The second-order valence-corrected chi connectivity index (χ2v) is 6.71. The maximum absolute atomic E-state index is 12.6. The summed E-state index contributed by atoms with van der Waals surface area (Å²) in [6.07, 6.45) is 0.820. The molecule has 2 unspecified atom stereocenters. The Bertz CT molecular complexity index is 779. The van der Waals surface area contributed by atoms with Gasteiger partial charge in [0, 0.05) is 5.02 Å². The first-order chi connectivity index (χ1) is 13.0. The molecule has 1 N–H and O–H groups in total. The third kappa shape index (κ3) is 5.73. The van der Waals surface area contributed by atoms with Gasteiger partial charge in [-0.3, -0.25) is 9.59 Å². The molecule has 5 nitrogen and oxygen atoms in total. The van der Waals surface area contributed by atoms with Crippen molar-refractivity contribution in [3.05, 3.63) is 59.1 Å². The molecule has 0 radical (unpaired) electrons. The molecule has 0 aliphatic rings. The molecule has 0 aliphatic carbocycles. The Kier molecular flexibility index (Phi) is 7.67. The number of ether oxygens (including phenoxy) is 2. The summed E-state index contributed by atoms with van der Waals surface area (Å²) in [5, 5.41) is 3.12. The smallest absolute Gasteiger partial charge is 0.314 e. The maximum Gasteiger partial charge on any atom is 0.314 e. The molecule has 0 spiro atoms. The van der Waals surface area contributed by atoms with E-state index in [4.69, 9.17) is 21.1 Å². The number of carbonyl (C=O) groups is 2. The lowest BCUT2D eigenvalue weighted by Gasteiger charge is -2.21. The van der Waals surface area contributed by atoms with Crippen molar-refractivity contribution < 1.29 is 19.1 Å². The zero-order valence-electron chi connectivity index (χ0n) is 15.7. The fraction of sp³-hybridized carbons (Fsp3) is 0.333. The van der Waals surface area contributed by atoms with Crippen molar-refractivity contribution in [2.45, 2.75) is 26.2 Å². The highest BCUT2D eigenvalue weighted by Crippen LogP contribution is 2.29. The standard InChI is InChI=1S/C21H24ClNO4/c1-4-14(2)20(15-8-6-5-7-9-15)21(25)27-13-19(24)23-17-12-16(22)10-11-18(17)26-3/h5-12,14,20H,4,13H2,1-3H3,(H,23,24). The van der Waals surface area contributed by atoms with E-state index in [0.29, 0.717) is 16.5 Å². The number of nitrogens with one attached hydrogen (secondary N) is 1. The van der Waals surface area contributed by atoms with Crippen LogP contribution in [-0.2, 0) is 14.3 Å². The van der Waals surface area contributed by atoms with Crippen molar-refractivity contribution in [2.24, 2.45) is 5.92 Å². The molecule has 0 aliphatic heterocycles. The van der Waals surface area contributed by atoms with Gasteiger partial charge in [0.1, 0.15) is 5.75 Å². The van der Waals surface area contributed by atoms with Crippen LogP contribution < -0.4 is 10.1 Å². The van der Waals surface area contributed by atoms with Gasteiger partial charge in [-0.15, -0.1) is 0 Å². The number of benzene rings is 2. The molecular formula is C21H24ClNO4. The Balaban J connectivity index is 2.02. The quantitative estimate of drug-likeness (QED) is 0.667. The summed E-state index contributed by atoms with van der Waals surface area (Å²) < 4.78 is 10.5. The van der Waals surface area contributed by atoms with Gasteiger partial charge in [-0.25, -0.2) is 0 Å². The first-order valence-corrected chi connectivity index (χ1v) is 9.19. The molecule has 2 rings (SSSR count). The average Bonchev–Trinajstić information content (AvgIpc) is 2.67. The lowest BCUT2D eigenvalue weighted by atomic mass is 9.86. The fourth-order valence-electron chi connectivity index (χ4n) is 2.78. The van der Waals surface area contributed by atoms with Gasteiger partial charge in [-0.1, -0.05) is 62.2 Å². The Morgan fingerprint density at radius 1 is 1.15 bits per heavy atom. The summed E-state index contributed by atoms with van der Waals surface area (Å²) in [4.78, 5) is 24.8. The molecule has 2 aromatic carbocycles. The van der Waals surface area contributed by atoms with Crippen LogP contribution in [0.4, 0.5) is 5.69 Å². The number of halogens is 1. The molecule has 0 heterocycles. The highest BCUT2D eigenvalue weighted by molar-refractivity contribution is 6.31. The molecule has 0 fully saturated rings. The molecule has 2 atom stereocenters. The molecule has 0 saturated heterocycles. The normalized spacial score (nSPS) is 12.7. The van der Waals surface area contributed by atoms with Crippen molar-refractivity contribution in [3.63, 3.8) is 0 Å². The first-order valence-electron chi connectivity index (χ1n) is 8.81. The van der Waals surface area contributed by atoms with Crippen molar-refractivity contribution in [1.82, 2.24) is 0 Å². The van der Waals surface area contributed by atoms with Crippen LogP contribution in [0.2, 0.25) is 5.02 Å². The number of esters is 1. The molecule has 2 aromatic rings. The van der Waals surface area contributed by atoms with E-state index >= 15 is 0 Å². The van der Waals surface area contributed by atoms with E-state index in [9.17, 15) is 9.59 Å². The minimum atomic E-state index is -0.458. The summed E-state index contributed by atoms with van der Waals surface area (Å²) in [6.45, 7) is 3.64. The van der Waals surface area contributed by atoms with Crippen LogP contribution in [0.1, 0.15) is 31.7 Å². The molecule has 0 saturated carbocycles. The number of carbonyl (C=O) groups excluding carboxylic acids is 2. The molecule has 144 valence electrons. The van der Waals surface area contributed by atoms with Crippen molar-refractivity contribution in [1.29, 1.82) is 0 Å². The molecular weight excluding hydrogens is 366 g/mol. The van der Waals surface area contributed by atoms with Crippen LogP contribution in [-0.4, -0.2) is 25.6 Å². The number of rotatable bonds is 8. The summed E-state index contributed by atoms with van der Waals surface area (Å²) in [6, 6.07) is 14.3. The Morgan fingerprint density at radius 2 is 1.85 bits per heavy atom. The van der Waals surface area contributed by atoms with E-state index in [1.54, 1.807) is 18.2 Å². The van der Waals surface area contributed by atoms with Gasteiger partial charge in [0.25, 0.3) is 5.91 Å². The van der Waals surface area contributed by atoms with E-state index in [1.807, 2.05) is 44.2 Å². The van der Waals surface area contributed by atoms with Gasteiger partial charge >= 0.3 is 5.97 Å². The zero-order valence-corrected chi connectivity index (χ0v) is 16.5. The number of methoxy groups -OCH3 is 1. The molecule has 1 amide bonds. The lowest BCUT2D eigenvalue weighted by molar-refractivity contribution is -0.150. The highest BCUT2D eigenvalue weighted by Gasteiger charge is 2.27. The second-order valence-electron chi connectivity index (χ2n) is 6.27. The average molecular weight is 390 g/mol. The Labute approximate surface area is 164 Å². The van der Waals surface area contributed by atoms with Crippen LogP contribution in [0, 0.1) is 5.92 Å². The highest BCUT2D eigenvalue weighted by atomic mass is 35.5. The van der Waals surface area contributed by atoms with E-state index < -0.39 is 17.8 Å². The summed E-state index contributed by atoms with van der Waals surface area (Å²) in [5.41, 5.74) is 1.31. The maximum atomic E-state index is 12.6. The minimum Gasteiger partial charge on any atom is -0.495 e. The van der Waals surface area contributed by atoms with Gasteiger partial charge in [-0.05, 0) is 29.7 Å². The molecule has 0 aromatic heterocycles. The van der Waals surface area contributed by atoms with Crippen LogP contribution in [0.3, 0.4) is 0 Å². The lowest BCUT2D eigenvalue weighted by Crippen LogP contribution is -2.27. The summed E-state index contributed by atoms with van der Waals surface area (Å²) >= 11 is 5.95.